The Balaban J connectivity index is 0. The van der Waals surface area contributed by atoms with Gasteiger partial charge in [-0.05, 0) is 12.3 Å². The van der Waals surface area contributed by atoms with E-state index in [1.165, 1.54) is 0 Å². The molecule has 0 amide bonds. The highest BCUT2D eigenvalue weighted by Gasteiger charge is 2.14. The highest BCUT2D eigenvalue weighted by molar-refractivity contribution is 7.89. The molecule has 0 fully saturated rings. The highest BCUT2D eigenvalue weighted by atomic mass is 32.2. The number of rotatable bonds is 16. The van der Waals surface area contributed by atoms with Crippen LogP contribution in [0.15, 0.2) is 0 Å². The lowest BCUT2D eigenvalue weighted by molar-refractivity contribution is -0.136. The van der Waals surface area contributed by atoms with Gasteiger partial charge in [0.1, 0.15) is 0 Å². The number of sulfonamides is 1. The van der Waals surface area contributed by atoms with Gasteiger partial charge in [0.2, 0.25) is 10.0 Å². The van der Waals surface area contributed by atoms with Gasteiger partial charge in [-0.15, -0.1) is 0 Å². The van der Waals surface area contributed by atoms with Crippen LogP contribution >= 0.6 is 0 Å². The summed E-state index contributed by atoms with van der Waals surface area (Å²) in [6.45, 7) is 6.30. The molecular formula is C17H38N2O7S. The fraction of sp³-hybridized carbons (Fsp3) is 0.941. The number of aliphatic carboxylic acids is 1. The Labute approximate surface area is 163 Å². The zero-order valence-electron chi connectivity index (χ0n) is 16.6. The topological polar surface area (TPSA) is 147 Å². The summed E-state index contributed by atoms with van der Waals surface area (Å²) in [5, 5.41) is 33.9. The molecule has 27 heavy (non-hydrogen) atoms. The van der Waals surface area contributed by atoms with Crippen LogP contribution in [0.5, 0.6) is 0 Å². The number of aliphatic hydroxyl groups excluding tert-OH is 3. The molecule has 10 heteroatoms. The minimum Gasteiger partial charge on any atom is -0.481 e. The average Bonchev–Trinajstić information content (AvgIpc) is 2.61. The van der Waals surface area contributed by atoms with Gasteiger partial charge < -0.3 is 20.4 Å². The van der Waals surface area contributed by atoms with Crippen molar-refractivity contribution >= 4 is 16.0 Å². The van der Waals surface area contributed by atoms with E-state index >= 15 is 0 Å². The molecule has 5 N–H and O–H groups in total. The van der Waals surface area contributed by atoms with E-state index in [-0.39, 0.29) is 32.0 Å². The lowest BCUT2D eigenvalue weighted by Crippen LogP contribution is -2.32. The molecule has 1 atom stereocenters. The molecule has 0 rings (SSSR count). The molecule has 0 saturated carbocycles. The maximum atomic E-state index is 11.5. The average molecular weight is 415 g/mol. The van der Waals surface area contributed by atoms with Crippen LogP contribution in [0.2, 0.25) is 0 Å². The summed E-state index contributed by atoms with van der Waals surface area (Å²) in [5.74, 6) is -1.09. The molecule has 0 aromatic carbocycles. The van der Waals surface area contributed by atoms with Crippen molar-refractivity contribution in [3.8, 4) is 0 Å². The van der Waals surface area contributed by atoms with Crippen LogP contribution in [-0.2, 0) is 14.8 Å². The van der Waals surface area contributed by atoms with Crippen molar-refractivity contribution in [2.45, 2.75) is 46.0 Å². The van der Waals surface area contributed by atoms with Crippen LogP contribution in [0.4, 0.5) is 0 Å². The molecule has 0 aliphatic carbocycles. The van der Waals surface area contributed by atoms with E-state index in [1.54, 1.807) is 4.90 Å². The van der Waals surface area contributed by atoms with E-state index in [0.29, 0.717) is 32.1 Å². The molecule has 0 aromatic heterocycles. The largest absolute Gasteiger partial charge is 0.481 e. The molecule has 9 nitrogen and oxygen atoms in total. The second kappa shape index (κ2) is 18.6. The van der Waals surface area contributed by atoms with E-state index < -0.39 is 16.0 Å². The SMILES string of the molecule is CCCCC(CC)CNS(=O)(=O)CCC(=O)O.OCCN(CCO)CCO. The Kier molecular flexibility index (Phi) is 19.6. The van der Waals surface area contributed by atoms with Gasteiger partial charge in [0.05, 0.1) is 32.0 Å². The minimum atomic E-state index is -3.44. The van der Waals surface area contributed by atoms with E-state index in [4.69, 9.17) is 20.4 Å². The van der Waals surface area contributed by atoms with Crippen LogP contribution < -0.4 is 4.72 Å². The fourth-order valence-corrected chi connectivity index (χ4v) is 3.32. The predicted molar refractivity (Wildman–Crippen MR) is 105 cm³/mol. The maximum Gasteiger partial charge on any atom is 0.304 e. The Hall–Kier alpha value is -0.780. The first-order valence-corrected chi connectivity index (χ1v) is 11.1. The standard InChI is InChI=1S/C11H23NO4S.C6H15NO3/c1-3-5-6-10(4-2)9-12-17(15,16)8-7-11(13)14;8-4-1-7(2-5-9)3-6-10/h10,12H,3-9H2,1-2H3,(H,13,14);8-10H,1-6H2. The van der Waals surface area contributed by atoms with E-state index in [2.05, 4.69) is 11.6 Å². The summed E-state index contributed by atoms with van der Waals surface area (Å²) in [6.07, 6.45) is 3.79. The number of carboxylic acid groups (broad SMARTS) is 1. The number of aliphatic hydroxyl groups is 3. The molecular weight excluding hydrogens is 376 g/mol. The van der Waals surface area contributed by atoms with Crippen molar-refractivity contribution in [3.05, 3.63) is 0 Å². The van der Waals surface area contributed by atoms with Crippen LogP contribution in [0.3, 0.4) is 0 Å². The molecule has 0 aliphatic rings. The normalized spacial score (nSPS) is 12.5. The molecule has 0 heterocycles. The number of unbranched alkanes of at least 4 members (excludes halogenated alkanes) is 1. The first-order chi connectivity index (χ1) is 12.8. The number of nitrogens with one attached hydrogen (secondary N) is 1. The van der Waals surface area contributed by atoms with Gasteiger partial charge in [-0.2, -0.15) is 0 Å². The summed E-state index contributed by atoms with van der Waals surface area (Å²) >= 11 is 0. The molecule has 0 radical (unpaired) electrons. The first kappa shape index (κ1) is 28.4. The van der Waals surface area contributed by atoms with Crippen molar-refractivity contribution in [2.75, 3.05) is 51.8 Å². The molecule has 0 aliphatic heterocycles. The highest BCUT2D eigenvalue weighted by Crippen LogP contribution is 2.11. The van der Waals surface area contributed by atoms with Crippen LogP contribution in [-0.4, -0.2) is 91.5 Å². The number of carbonyl (C=O) groups is 1. The Bertz CT molecular complexity index is 432. The summed E-state index contributed by atoms with van der Waals surface area (Å²) in [5.41, 5.74) is 0. The third kappa shape index (κ3) is 19.8. The fourth-order valence-electron chi connectivity index (χ4n) is 2.24. The maximum absolute atomic E-state index is 11.5. The quantitative estimate of drug-likeness (QED) is 0.234. The Morgan fingerprint density at radius 1 is 1.04 bits per heavy atom. The number of carboxylic acids is 1. The molecule has 0 spiro atoms. The number of nitrogens with zero attached hydrogens (tertiary/aromatic N) is 1. The van der Waals surface area contributed by atoms with Crippen molar-refractivity contribution in [1.82, 2.24) is 9.62 Å². The molecule has 1 unspecified atom stereocenters. The lowest BCUT2D eigenvalue weighted by atomic mass is 10.00. The number of hydrogen-bond donors (Lipinski definition) is 5. The summed E-state index contributed by atoms with van der Waals surface area (Å²) in [6, 6.07) is 0. The van der Waals surface area contributed by atoms with Crippen molar-refractivity contribution in [2.24, 2.45) is 5.92 Å². The molecule has 0 bridgehead atoms. The monoisotopic (exact) mass is 414 g/mol. The van der Waals surface area contributed by atoms with Gasteiger partial charge in [0.15, 0.2) is 0 Å². The van der Waals surface area contributed by atoms with Gasteiger partial charge in [-0.25, -0.2) is 13.1 Å². The summed E-state index contributed by atoms with van der Waals surface area (Å²) in [7, 11) is -3.44. The van der Waals surface area contributed by atoms with Gasteiger partial charge in [-0.3, -0.25) is 9.69 Å². The second-order valence-corrected chi connectivity index (χ2v) is 8.17. The molecule has 0 aromatic rings. The van der Waals surface area contributed by atoms with Crippen molar-refractivity contribution in [3.63, 3.8) is 0 Å². The third-order valence-electron chi connectivity index (χ3n) is 3.97. The van der Waals surface area contributed by atoms with Crippen LogP contribution in [0.1, 0.15) is 46.0 Å². The lowest BCUT2D eigenvalue weighted by Gasteiger charge is -2.17. The zero-order valence-corrected chi connectivity index (χ0v) is 17.5. The predicted octanol–water partition coefficient (Wildman–Crippen LogP) is -0.138. The first-order valence-electron chi connectivity index (χ1n) is 9.50. The van der Waals surface area contributed by atoms with Crippen LogP contribution in [0, 0.1) is 5.92 Å². The van der Waals surface area contributed by atoms with Gasteiger partial charge in [-0.1, -0.05) is 33.1 Å². The third-order valence-corrected chi connectivity index (χ3v) is 5.32. The van der Waals surface area contributed by atoms with E-state index in [9.17, 15) is 13.2 Å². The second-order valence-electron chi connectivity index (χ2n) is 6.24. The van der Waals surface area contributed by atoms with Crippen molar-refractivity contribution in [1.29, 1.82) is 0 Å². The van der Waals surface area contributed by atoms with Crippen molar-refractivity contribution < 1.29 is 33.6 Å². The smallest absolute Gasteiger partial charge is 0.304 e. The molecule has 0 saturated heterocycles. The van der Waals surface area contributed by atoms with Gasteiger partial charge >= 0.3 is 5.97 Å². The van der Waals surface area contributed by atoms with Gasteiger partial charge in [0, 0.05) is 26.2 Å². The Morgan fingerprint density at radius 3 is 1.93 bits per heavy atom. The van der Waals surface area contributed by atoms with Crippen LogP contribution in [0.25, 0.3) is 0 Å². The summed E-state index contributed by atoms with van der Waals surface area (Å²) < 4.78 is 25.4. The Morgan fingerprint density at radius 2 is 1.56 bits per heavy atom. The summed E-state index contributed by atoms with van der Waals surface area (Å²) in [4.78, 5) is 12.1. The number of hydrogen-bond acceptors (Lipinski definition) is 7. The van der Waals surface area contributed by atoms with Gasteiger partial charge in [0.25, 0.3) is 0 Å². The minimum absolute atomic E-state index is 0.0694. The van der Waals surface area contributed by atoms with E-state index in [0.717, 1.165) is 25.7 Å². The zero-order chi connectivity index (χ0) is 21.1. The molecule has 164 valence electrons. The van der Waals surface area contributed by atoms with E-state index in [1.807, 2.05) is 6.92 Å².